The minimum Gasteiger partial charge on any atom is -0.309 e. The van der Waals surface area contributed by atoms with Crippen molar-refractivity contribution in [3.8, 4) is 0 Å². The van der Waals surface area contributed by atoms with Crippen LogP contribution in [0.3, 0.4) is 0 Å². The average molecular weight is 307 g/mol. The maximum Gasteiger partial charge on any atom is 0.0698 e. The van der Waals surface area contributed by atoms with Gasteiger partial charge in [-0.15, -0.1) is 11.3 Å². The van der Waals surface area contributed by atoms with Crippen LogP contribution in [0, 0.1) is 0 Å². The zero-order chi connectivity index (χ0) is 12.4. The van der Waals surface area contributed by atoms with Crippen LogP contribution >= 0.6 is 46.1 Å². The molecule has 5 heteroatoms. The van der Waals surface area contributed by atoms with Gasteiger partial charge < -0.3 is 5.32 Å². The molecule has 0 spiro atoms. The third-order valence-corrected chi connectivity index (χ3v) is 4.47. The van der Waals surface area contributed by atoms with Crippen molar-refractivity contribution in [2.45, 2.75) is 6.04 Å². The number of hydrogen-bond donors (Lipinski definition) is 1. The van der Waals surface area contributed by atoms with Crippen LogP contribution in [0.2, 0.25) is 15.1 Å². The van der Waals surface area contributed by atoms with Crippen LogP contribution in [0.4, 0.5) is 0 Å². The predicted molar refractivity (Wildman–Crippen MR) is 76.7 cm³/mol. The second kappa shape index (κ2) is 5.59. The highest BCUT2D eigenvalue weighted by atomic mass is 35.5. The number of nitrogens with one attached hydrogen (secondary N) is 1. The lowest BCUT2D eigenvalue weighted by Gasteiger charge is -2.17. The Bertz CT molecular complexity index is 524. The molecule has 2 aromatic rings. The summed E-state index contributed by atoms with van der Waals surface area (Å²) in [6.45, 7) is 0. The molecule has 0 aliphatic rings. The molecule has 0 aliphatic heterocycles. The summed E-state index contributed by atoms with van der Waals surface area (Å²) in [4.78, 5) is 1.04. The Hall–Kier alpha value is -0.250. The van der Waals surface area contributed by atoms with Gasteiger partial charge in [0.15, 0.2) is 0 Å². The van der Waals surface area contributed by atoms with Crippen LogP contribution in [-0.2, 0) is 0 Å². The molecule has 1 aromatic carbocycles. The van der Waals surface area contributed by atoms with Crippen LogP contribution < -0.4 is 5.32 Å². The van der Waals surface area contributed by atoms with Crippen molar-refractivity contribution in [2.75, 3.05) is 7.05 Å². The Labute approximate surface area is 119 Å². The van der Waals surface area contributed by atoms with E-state index in [1.165, 1.54) is 0 Å². The topological polar surface area (TPSA) is 12.0 Å². The van der Waals surface area contributed by atoms with Crippen molar-refractivity contribution in [3.05, 3.63) is 55.2 Å². The van der Waals surface area contributed by atoms with E-state index < -0.39 is 0 Å². The fraction of sp³-hybridized carbons (Fsp3) is 0.167. The second-order valence-electron chi connectivity index (χ2n) is 3.52. The molecule has 90 valence electrons. The summed E-state index contributed by atoms with van der Waals surface area (Å²) in [5.41, 5.74) is 0.936. The first-order chi connectivity index (χ1) is 8.13. The molecule has 0 bridgehead atoms. The summed E-state index contributed by atoms with van der Waals surface area (Å²) >= 11 is 20.0. The Morgan fingerprint density at radius 1 is 1.12 bits per heavy atom. The fourth-order valence-corrected chi connectivity index (χ4v) is 3.37. The minimum absolute atomic E-state index is 0.0336. The molecule has 1 atom stereocenters. The summed E-state index contributed by atoms with van der Waals surface area (Å²) in [5.74, 6) is 0. The van der Waals surface area contributed by atoms with Gasteiger partial charge in [0.2, 0.25) is 0 Å². The molecule has 1 heterocycles. The van der Waals surface area contributed by atoms with Gasteiger partial charge in [-0.05, 0) is 42.3 Å². The first kappa shape index (κ1) is 13.2. The lowest BCUT2D eigenvalue weighted by atomic mass is 10.1. The molecule has 0 saturated heterocycles. The molecular formula is C12H10Cl3NS. The van der Waals surface area contributed by atoms with Gasteiger partial charge in [-0.2, -0.15) is 0 Å². The van der Waals surface area contributed by atoms with Gasteiger partial charge in [-0.3, -0.25) is 0 Å². The van der Waals surface area contributed by atoms with Gasteiger partial charge in [0.05, 0.1) is 11.1 Å². The standard InChI is InChI=1S/C12H10Cl3NS/c1-16-11(12-10(15)4-5-17-12)8-6-7(13)2-3-9(8)14/h2-6,11,16H,1H3. The Morgan fingerprint density at radius 3 is 2.47 bits per heavy atom. The van der Waals surface area contributed by atoms with Gasteiger partial charge in [0.1, 0.15) is 0 Å². The Kier molecular flexibility index (Phi) is 4.34. The van der Waals surface area contributed by atoms with Crippen LogP contribution in [0.25, 0.3) is 0 Å². The lowest BCUT2D eigenvalue weighted by molar-refractivity contribution is 0.704. The quantitative estimate of drug-likeness (QED) is 0.840. The number of halogens is 3. The molecule has 0 aliphatic carbocycles. The SMILES string of the molecule is CNC(c1cc(Cl)ccc1Cl)c1sccc1Cl. The molecule has 0 amide bonds. The van der Waals surface area contributed by atoms with Crippen LogP contribution in [0.5, 0.6) is 0 Å². The van der Waals surface area contributed by atoms with Crippen molar-refractivity contribution < 1.29 is 0 Å². The number of hydrogen-bond acceptors (Lipinski definition) is 2. The van der Waals surface area contributed by atoms with Gasteiger partial charge in [-0.25, -0.2) is 0 Å². The lowest BCUT2D eigenvalue weighted by Crippen LogP contribution is -2.17. The maximum absolute atomic E-state index is 6.20. The second-order valence-corrected chi connectivity index (χ2v) is 5.72. The van der Waals surface area contributed by atoms with Crippen molar-refractivity contribution in [1.82, 2.24) is 5.32 Å². The molecular weight excluding hydrogens is 297 g/mol. The molecule has 0 saturated carbocycles. The van der Waals surface area contributed by atoms with Crippen LogP contribution in [0.1, 0.15) is 16.5 Å². The first-order valence-corrected chi connectivity index (χ1v) is 7.00. The van der Waals surface area contributed by atoms with Crippen molar-refractivity contribution in [3.63, 3.8) is 0 Å². The molecule has 1 N–H and O–H groups in total. The summed E-state index contributed by atoms with van der Waals surface area (Å²) in [6, 6.07) is 7.28. The van der Waals surface area contributed by atoms with Crippen molar-refractivity contribution >= 4 is 46.1 Å². The summed E-state index contributed by atoms with van der Waals surface area (Å²) < 4.78 is 0. The molecule has 1 aromatic heterocycles. The molecule has 1 nitrogen and oxygen atoms in total. The largest absolute Gasteiger partial charge is 0.309 e. The summed E-state index contributed by atoms with van der Waals surface area (Å²) in [7, 11) is 1.87. The molecule has 1 unspecified atom stereocenters. The third kappa shape index (κ3) is 2.78. The highest BCUT2D eigenvalue weighted by molar-refractivity contribution is 7.10. The van der Waals surface area contributed by atoms with E-state index in [9.17, 15) is 0 Å². The average Bonchev–Trinajstić information content (AvgIpc) is 2.71. The molecule has 2 rings (SSSR count). The number of thiophene rings is 1. The van der Waals surface area contributed by atoms with E-state index in [-0.39, 0.29) is 6.04 Å². The molecule has 0 fully saturated rings. The van der Waals surface area contributed by atoms with Gasteiger partial charge in [-0.1, -0.05) is 34.8 Å². The normalized spacial score (nSPS) is 12.7. The van der Waals surface area contributed by atoms with Gasteiger partial charge in [0.25, 0.3) is 0 Å². The van der Waals surface area contributed by atoms with E-state index in [1.807, 2.05) is 24.6 Å². The van der Waals surface area contributed by atoms with Crippen LogP contribution in [0.15, 0.2) is 29.6 Å². The van der Waals surface area contributed by atoms with E-state index in [0.717, 1.165) is 15.5 Å². The highest BCUT2D eigenvalue weighted by Gasteiger charge is 2.19. The zero-order valence-electron chi connectivity index (χ0n) is 9.01. The Morgan fingerprint density at radius 2 is 1.88 bits per heavy atom. The van der Waals surface area contributed by atoms with E-state index in [2.05, 4.69) is 5.32 Å². The molecule has 0 radical (unpaired) electrons. The van der Waals surface area contributed by atoms with Gasteiger partial charge in [0, 0.05) is 14.9 Å². The van der Waals surface area contributed by atoms with E-state index in [0.29, 0.717) is 10.0 Å². The monoisotopic (exact) mass is 305 g/mol. The van der Waals surface area contributed by atoms with Gasteiger partial charge >= 0.3 is 0 Å². The maximum atomic E-state index is 6.20. The Balaban J connectivity index is 2.49. The smallest absolute Gasteiger partial charge is 0.0698 e. The van der Waals surface area contributed by atoms with Crippen LogP contribution in [-0.4, -0.2) is 7.05 Å². The number of rotatable bonds is 3. The van der Waals surface area contributed by atoms with Crippen molar-refractivity contribution in [2.24, 2.45) is 0 Å². The number of benzene rings is 1. The molecule has 17 heavy (non-hydrogen) atoms. The predicted octanol–water partition coefficient (Wildman–Crippen LogP) is 5.02. The van der Waals surface area contributed by atoms with E-state index in [4.69, 9.17) is 34.8 Å². The fourth-order valence-electron chi connectivity index (χ4n) is 1.68. The summed E-state index contributed by atoms with van der Waals surface area (Å²) in [6.07, 6.45) is 0. The summed E-state index contributed by atoms with van der Waals surface area (Å²) in [5, 5.41) is 7.26. The third-order valence-electron chi connectivity index (χ3n) is 2.46. The zero-order valence-corrected chi connectivity index (χ0v) is 12.1. The highest BCUT2D eigenvalue weighted by Crippen LogP contribution is 2.36. The van der Waals surface area contributed by atoms with Crippen molar-refractivity contribution in [1.29, 1.82) is 0 Å². The van der Waals surface area contributed by atoms with E-state index in [1.54, 1.807) is 23.5 Å². The van der Waals surface area contributed by atoms with E-state index >= 15 is 0 Å². The minimum atomic E-state index is -0.0336. The first-order valence-electron chi connectivity index (χ1n) is 4.98.